The van der Waals surface area contributed by atoms with E-state index in [1.165, 1.54) is 18.5 Å². The first kappa shape index (κ1) is 12.4. The summed E-state index contributed by atoms with van der Waals surface area (Å²) in [6, 6.07) is 8.31. The third-order valence-corrected chi connectivity index (χ3v) is 3.86. The third kappa shape index (κ3) is 3.01. The van der Waals surface area contributed by atoms with Gasteiger partial charge >= 0.3 is 0 Å². The van der Waals surface area contributed by atoms with Crippen molar-refractivity contribution in [2.75, 3.05) is 18.0 Å². The molecule has 1 fully saturated rings. The molecule has 0 aliphatic carbocycles. The maximum absolute atomic E-state index is 9.48. The lowest BCUT2D eigenvalue weighted by atomic mass is 9.82. The van der Waals surface area contributed by atoms with Crippen LogP contribution in [0.2, 0.25) is 0 Å². The molecule has 1 heterocycles. The number of piperidine rings is 1. The van der Waals surface area contributed by atoms with Crippen LogP contribution in [0.4, 0.5) is 5.69 Å². The molecular formula is C15H23NO. The molecule has 1 saturated heterocycles. The summed E-state index contributed by atoms with van der Waals surface area (Å²) in [7, 11) is 0. The molecule has 94 valence electrons. The number of anilines is 1. The van der Waals surface area contributed by atoms with Crippen LogP contribution in [0.3, 0.4) is 0 Å². The van der Waals surface area contributed by atoms with Crippen molar-refractivity contribution < 1.29 is 5.11 Å². The number of hydrogen-bond donors (Lipinski definition) is 1. The van der Waals surface area contributed by atoms with E-state index in [-0.39, 0.29) is 6.10 Å². The molecule has 1 aliphatic rings. The van der Waals surface area contributed by atoms with Crippen LogP contribution in [0.1, 0.15) is 45.3 Å². The van der Waals surface area contributed by atoms with Crippen LogP contribution >= 0.6 is 0 Å². The fraction of sp³-hybridized carbons (Fsp3) is 0.600. The highest BCUT2D eigenvalue weighted by Gasteiger charge is 2.25. The normalized spacial score (nSPS) is 21.3. The Morgan fingerprint density at radius 1 is 1.12 bits per heavy atom. The van der Waals surface area contributed by atoms with Gasteiger partial charge in [-0.2, -0.15) is 0 Å². The summed E-state index contributed by atoms with van der Waals surface area (Å²) in [5, 5.41) is 9.48. The Kier molecular flexibility index (Phi) is 3.43. The molecule has 1 aromatic carbocycles. The monoisotopic (exact) mass is 233 g/mol. The van der Waals surface area contributed by atoms with Crippen molar-refractivity contribution in [3.05, 3.63) is 29.8 Å². The van der Waals surface area contributed by atoms with E-state index in [1.807, 2.05) is 12.1 Å². The van der Waals surface area contributed by atoms with Gasteiger partial charge in [0.15, 0.2) is 0 Å². The van der Waals surface area contributed by atoms with Gasteiger partial charge in [0.05, 0.1) is 6.10 Å². The molecule has 2 nitrogen and oxygen atoms in total. The first-order chi connectivity index (χ1) is 7.98. The van der Waals surface area contributed by atoms with Crippen molar-refractivity contribution in [1.29, 1.82) is 0 Å². The van der Waals surface area contributed by atoms with Gasteiger partial charge in [-0.1, -0.05) is 26.0 Å². The lowest BCUT2D eigenvalue weighted by Gasteiger charge is -2.38. The van der Waals surface area contributed by atoms with Crippen LogP contribution in [0, 0.1) is 5.41 Å². The summed E-state index contributed by atoms with van der Waals surface area (Å²) in [4.78, 5) is 2.44. The molecule has 1 aliphatic heterocycles. The second-order valence-electron chi connectivity index (χ2n) is 5.92. The minimum Gasteiger partial charge on any atom is -0.389 e. The minimum absolute atomic E-state index is 0.371. The Bertz CT molecular complexity index is 357. The third-order valence-electron chi connectivity index (χ3n) is 3.86. The highest BCUT2D eigenvalue weighted by Crippen LogP contribution is 2.32. The van der Waals surface area contributed by atoms with Crippen LogP contribution in [-0.2, 0) is 0 Å². The first-order valence-electron chi connectivity index (χ1n) is 6.51. The van der Waals surface area contributed by atoms with E-state index in [0.29, 0.717) is 5.41 Å². The molecule has 0 bridgehead atoms. The number of benzene rings is 1. The molecule has 17 heavy (non-hydrogen) atoms. The predicted molar refractivity (Wildman–Crippen MR) is 72.3 cm³/mol. The summed E-state index contributed by atoms with van der Waals surface area (Å²) in [6.07, 6.45) is 2.14. The molecule has 1 aromatic rings. The molecule has 0 radical (unpaired) electrons. The van der Waals surface area contributed by atoms with Gasteiger partial charge in [0.1, 0.15) is 0 Å². The van der Waals surface area contributed by atoms with Crippen molar-refractivity contribution in [2.24, 2.45) is 5.41 Å². The second kappa shape index (κ2) is 4.69. The molecule has 0 amide bonds. The fourth-order valence-corrected chi connectivity index (χ4v) is 2.33. The van der Waals surface area contributed by atoms with Gasteiger partial charge in [-0.25, -0.2) is 0 Å². The number of aliphatic hydroxyl groups is 1. The molecule has 0 aromatic heterocycles. The van der Waals surface area contributed by atoms with E-state index >= 15 is 0 Å². The van der Waals surface area contributed by atoms with Gasteiger partial charge in [0.2, 0.25) is 0 Å². The van der Waals surface area contributed by atoms with Gasteiger partial charge in [0, 0.05) is 18.8 Å². The SMILES string of the molecule is C[C@H](O)c1ccc(N2CCC(C)(C)CC2)cc1. The quantitative estimate of drug-likeness (QED) is 0.846. The Hall–Kier alpha value is -1.02. The van der Waals surface area contributed by atoms with E-state index < -0.39 is 0 Å². The van der Waals surface area contributed by atoms with Crippen LogP contribution in [0.5, 0.6) is 0 Å². The molecule has 2 heteroatoms. The number of hydrogen-bond acceptors (Lipinski definition) is 2. The van der Waals surface area contributed by atoms with E-state index in [0.717, 1.165) is 18.7 Å². The zero-order chi connectivity index (χ0) is 12.5. The Morgan fingerprint density at radius 2 is 1.65 bits per heavy atom. The zero-order valence-electron chi connectivity index (χ0n) is 11.1. The first-order valence-corrected chi connectivity index (χ1v) is 6.51. The summed E-state index contributed by atoms with van der Waals surface area (Å²) < 4.78 is 0. The van der Waals surface area contributed by atoms with Crippen LogP contribution < -0.4 is 4.90 Å². The van der Waals surface area contributed by atoms with Crippen LogP contribution in [0.25, 0.3) is 0 Å². The van der Waals surface area contributed by atoms with Crippen molar-refractivity contribution in [2.45, 2.75) is 39.7 Å². The summed E-state index contributed by atoms with van der Waals surface area (Å²) in [6.45, 7) is 8.78. The Labute approximate surface area is 104 Å². The smallest absolute Gasteiger partial charge is 0.0761 e. The minimum atomic E-state index is -0.371. The van der Waals surface area contributed by atoms with Crippen molar-refractivity contribution in [3.8, 4) is 0 Å². The van der Waals surface area contributed by atoms with Gasteiger partial charge in [0.25, 0.3) is 0 Å². The van der Waals surface area contributed by atoms with Gasteiger partial charge in [-0.15, -0.1) is 0 Å². The van der Waals surface area contributed by atoms with Crippen molar-refractivity contribution in [1.82, 2.24) is 0 Å². The highest BCUT2D eigenvalue weighted by molar-refractivity contribution is 5.48. The van der Waals surface area contributed by atoms with Crippen molar-refractivity contribution >= 4 is 5.69 Å². The van der Waals surface area contributed by atoms with Gasteiger partial charge < -0.3 is 10.0 Å². The lowest BCUT2D eigenvalue weighted by molar-refractivity contribution is 0.199. The largest absolute Gasteiger partial charge is 0.389 e. The highest BCUT2D eigenvalue weighted by atomic mass is 16.3. The molecule has 2 rings (SSSR count). The molecule has 0 spiro atoms. The van der Waals surface area contributed by atoms with E-state index in [2.05, 4.69) is 30.9 Å². The maximum Gasteiger partial charge on any atom is 0.0761 e. The summed E-state index contributed by atoms with van der Waals surface area (Å²) in [5.74, 6) is 0. The molecule has 1 atom stereocenters. The van der Waals surface area contributed by atoms with E-state index in [4.69, 9.17) is 0 Å². The zero-order valence-corrected chi connectivity index (χ0v) is 11.1. The number of nitrogens with zero attached hydrogens (tertiary/aromatic N) is 1. The van der Waals surface area contributed by atoms with Crippen molar-refractivity contribution in [3.63, 3.8) is 0 Å². The van der Waals surface area contributed by atoms with Crippen LogP contribution in [0.15, 0.2) is 24.3 Å². The molecular weight excluding hydrogens is 210 g/mol. The Morgan fingerprint density at radius 3 is 2.12 bits per heavy atom. The number of rotatable bonds is 2. The average Bonchev–Trinajstić information content (AvgIpc) is 2.29. The number of aliphatic hydroxyl groups excluding tert-OH is 1. The lowest BCUT2D eigenvalue weighted by Crippen LogP contribution is -2.37. The molecule has 1 N–H and O–H groups in total. The summed E-state index contributed by atoms with van der Waals surface area (Å²) >= 11 is 0. The predicted octanol–water partition coefficient (Wildman–Crippen LogP) is 3.37. The van der Waals surface area contributed by atoms with Crippen LogP contribution in [-0.4, -0.2) is 18.2 Å². The topological polar surface area (TPSA) is 23.5 Å². The van der Waals surface area contributed by atoms with Gasteiger partial charge in [-0.3, -0.25) is 0 Å². The Balaban J connectivity index is 2.04. The summed E-state index contributed by atoms with van der Waals surface area (Å²) in [5.41, 5.74) is 2.77. The van der Waals surface area contributed by atoms with E-state index in [1.54, 1.807) is 6.92 Å². The fourth-order valence-electron chi connectivity index (χ4n) is 2.33. The standard InChI is InChI=1S/C15H23NO/c1-12(17)13-4-6-14(7-5-13)16-10-8-15(2,3)9-11-16/h4-7,12,17H,8-11H2,1-3H3/t12-/m0/s1. The van der Waals surface area contributed by atoms with E-state index in [9.17, 15) is 5.11 Å². The molecule has 0 saturated carbocycles. The maximum atomic E-state index is 9.48. The van der Waals surface area contributed by atoms with Gasteiger partial charge in [-0.05, 0) is 42.9 Å². The molecule has 0 unspecified atom stereocenters. The average molecular weight is 233 g/mol. The second-order valence-corrected chi connectivity index (χ2v) is 5.92.